The van der Waals surface area contributed by atoms with Crippen LogP contribution in [0.2, 0.25) is 0 Å². The van der Waals surface area contributed by atoms with Gasteiger partial charge in [0, 0.05) is 51.2 Å². The monoisotopic (exact) mass is 288 g/mol. The average molecular weight is 288 g/mol. The van der Waals surface area contributed by atoms with E-state index in [4.69, 9.17) is 4.74 Å². The summed E-state index contributed by atoms with van der Waals surface area (Å²) in [6, 6.07) is 0.597. The van der Waals surface area contributed by atoms with E-state index in [9.17, 15) is 4.79 Å². The SMILES string of the molecule is O=C(c1cnccn1)N1C[C@@H]2CN(C3CCOC3)C[C@@H]2C1. The van der Waals surface area contributed by atoms with Crippen molar-refractivity contribution in [2.75, 3.05) is 39.4 Å². The smallest absolute Gasteiger partial charge is 0.274 e. The van der Waals surface area contributed by atoms with Gasteiger partial charge in [-0.05, 0) is 18.3 Å². The highest BCUT2D eigenvalue weighted by atomic mass is 16.5. The van der Waals surface area contributed by atoms with Gasteiger partial charge in [0.05, 0.1) is 12.8 Å². The Morgan fingerprint density at radius 3 is 2.62 bits per heavy atom. The van der Waals surface area contributed by atoms with Gasteiger partial charge >= 0.3 is 0 Å². The van der Waals surface area contributed by atoms with Gasteiger partial charge in [0.2, 0.25) is 0 Å². The van der Waals surface area contributed by atoms with E-state index in [1.165, 1.54) is 0 Å². The summed E-state index contributed by atoms with van der Waals surface area (Å²) in [6.07, 6.45) is 5.88. The Bertz CT molecular complexity index is 504. The van der Waals surface area contributed by atoms with Crippen LogP contribution in [0, 0.1) is 11.8 Å². The molecule has 0 saturated carbocycles. The molecule has 0 N–H and O–H groups in total. The maximum absolute atomic E-state index is 12.4. The quantitative estimate of drug-likeness (QED) is 0.782. The molecule has 1 aromatic rings. The second kappa shape index (κ2) is 5.35. The van der Waals surface area contributed by atoms with Crippen LogP contribution in [0.25, 0.3) is 0 Å². The molecule has 1 amide bonds. The van der Waals surface area contributed by atoms with Crippen molar-refractivity contribution < 1.29 is 9.53 Å². The van der Waals surface area contributed by atoms with Gasteiger partial charge in [-0.2, -0.15) is 0 Å². The first-order valence-electron chi connectivity index (χ1n) is 7.68. The summed E-state index contributed by atoms with van der Waals surface area (Å²) in [5, 5.41) is 0. The summed E-state index contributed by atoms with van der Waals surface area (Å²) in [5.74, 6) is 1.23. The van der Waals surface area contributed by atoms with Crippen molar-refractivity contribution in [1.29, 1.82) is 0 Å². The van der Waals surface area contributed by atoms with Crippen LogP contribution < -0.4 is 0 Å². The van der Waals surface area contributed by atoms with Gasteiger partial charge in [-0.15, -0.1) is 0 Å². The number of amides is 1. The molecule has 3 atom stereocenters. The molecular weight excluding hydrogens is 268 g/mol. The van der Waals surface area contributed by atoms with E-state index in [-0.39, 0.29) is 5.91 Å². The maximum Gasteiger partial charge on any atom is 0.274 e. The fraction of sp³-hybridized carbons (Fsp3) is 0.667. The zero-order valence-corrected chi connectivity index (χ0v) is 12.0. The highest BCUT2D eigenvalue weighted by Gasteiger charge is 2.44. The number of nitrogens with zero attached hydrogens (tertiary/aromatic N) is 4. The van der Waals surface area contributed by atoms with Gasteiger partial charge in [0.25, 0.3) is 5.91 Å². The molecule has 4 rings (SSSR count). The minimum atomic E-state index is 0.0215. The minimum Gasteiger partial charge on any atom is -0.380 e. The number of ether oxygens (including phenoxy) is 1. The normalized spacial score (nSPS) is 32.6. The van der Waals surface area contributed by atoms with Crippen molar-refractivity contribution >= 4 is 5.91 Å². The molecule has 6 heteroatoms. The number of rotatable bonds is 2. The number of fused-ring (bicyclic) bond motifs is 1. The molecule has 3 aliphatic heterocycles. The van der Waals surface area contributed by atoms with Crippen LogP contribution in [-0.4, -0.2) is 71.1 Å². The van der Waals surface area contributed by atoms with Crippen LogP contribution in [0.3, 0.4) is 0 Å². The molecule has 3 aliphatic rings. The number of hydrogen-bond donors (Lipinski definition) is 0. The van der Waals surface area contributed by atoms with Crippen molar-refractivity contribution in [2.45, 2.75) is 12.5 Å². The zero-order chi connectivity index (χ0) is 14.2. The molecule has 0 spiro atoms. The third-order valence-corrected chi connectivity index (χ3v) is 5.01. The lowest BCUT2D eigenvalue weighted by Crippen LogP contribution is -2.38. The predicted molar refractivity (Wildman–Crippen MR) is 75.7 cm³/mol. The van der Waals surface area contributed by atoms with E-state index < -0.39 is 0 Å². The number of carbonyl (C=O) groups excluding carboxylic acids is 1. The van der Waals surface area contributed by atoms with Gasteiger partial charge in [-0.3, -0.25) is 14.7 Å². The largest absolute Gasteiger partial charge is 0.380 e. The zero-order valence-electron chi connectivity index (χ0n) is 12.0. The fourth-order valence-electron chi connectivity index (χ4n) is 3.87. The molecule has 112 valence electrons. The summed E-state index contributed by atoms with van der Waals surface area (Å²) < 4.78 is 5.49. The minimum absolute atomic E-state index is 0.0215. The van der Waals surface area contributed by atoms with E-state index in [1.54, 1.807) is 18.6 Å². The number of likely N-dealkylation sites (tertiary alicyclic amines) is 2. The topological polar surface area (TPSA) is 58.6 Å². The Morgan fingerprint density at radius 1 is 1.19 bits per heavy atom. The van der Waals surface area contributed by atoms with Crippen LogP contribution in [0.15, 0.2) is 18.6 Å². The Morgan fingerprint density at radius 2 is 2.00 bits per heavy atom. The van der Waals surface area contributed by atoms with Crippen LogP contribution >= 0.6 is 0 Å². The first kappa shape index (κ1) is 13.2. The van der Waals surface area contributed by atoms with Crippen LogP contribution in [0.1, 0.15) is 16.9 Å². The average Bonchev–Trinajstić information content (AvgIpc) is 3.22. The molecule has 21 heavy (non-hydrogen) atoms. The second-order valence-electron chi connectivity index (χ2n) is 6.29. The summed E-state index contributed by atoms with van der Waals surface area (Å²) in [7, 11) is 0. The molecule has 6 nitrogen and oxygen atoms in total. The third kappa shape index (κ3) is 2.42. The predicted octanol–water partition coefficient (Wildman–Crippen LogP) is 0.269. The maximum atomic E-state index is 12.4. The Labute approximate surface area is 124 Å². The van der Waals surface area contributed by atoms with Gasteiger partial charge in [0.15, 0.2) is 0 Å². The summed E-state index contributed by atoms with van der Waals surface area (Å²) in [5.41, 5.74) is 0.457. The molecule has 3 saturated heterocycles. The van der Waals surface area contributed by atoms with E-state index in [1.807, 2.05) is 4.90 Å². The van der Waals surface area contributed by atoms with Gasteiger partial charge in [-0.25, -0.2) is 4.98 Å². The first-order chi connectivity index (χ1) is 10.3. The van der Waals surface area contributed by atoms with Crippen LogP contribution in [-0.2, 0) is 4.74 Å². The van der Waals surface area contributed by atoms with E-state index in [0.29, 0.717) is 23.6 Å². The lowest BCUT2D eigenvalue weighted by molar-refractivity contribution is 0.0761. The summed E-state index contributed by atoms with van der Waals surface area (Å²) >= 11 is 0. The van der Waals surface area contributed by atoms with Crippen LogP contribution in [0.5, 0.6) is 0 Å². The Kier molecular flexibility index (Phi) is 3.35. The molecule has 4 heterocycles. The molecular formula is C15H20N4O2. The molecule has 3 fully saturated rings. The van der Waals surface area contributed by atoms with Gasteiger partial charge in [-0.1, -0.05) is 0 Å². The highest BCUT2D eigenvalue weighted by molar-refractivity contribution is 5.92. The first-order valence-corrected chi connectivity index (χ1v) is 7.68. The second-order valence-corrected chi connectivity index (χ2v) is 6.29. The molecule has 0 bridgehead atoms. The molecule has 1 aromatic heterocycles. The van der Waals surface area contributed by atoms with Crippen molar-refractivity contribution in [2.24, 2.45) is 11.8 Å². The van der Waals surface area contributed by atoms with Crippen molar-refractivity contribution in [3.63, 3.8) is 0 Å². The van der Waals surface area contributed by atoms with Gasteiger partial charge in [0.1, 0.15) is 5.69 Å². The fourth-order valence-corrected chi connectivity index (χ4v) is 3.87. The molecule has 0 radical (unpaired) electrons. The van der Waals surface area contributed by atoms with E-state index in [2.05, 4.69) is 14.9 Å². The molecule has 0 aromatic carbocycles. The molecule has 1 unspecified atom stereocenters. The van der Waals surface area contributed by atoms with Crippen LogP contribution in [0.4, 0.5) is 0 Å². The molecule has 0 aliphatic carbocycles. The van der Waals surface area contributed by atoms with E-state index in [0.717, 1.165) is 45.8 Å². The third-order valence-electron chi connectivity index (χ3n) is 5.01. The Balaban J connectivity index is 1.38. The van der Waals surface area contributed by atoms with Crippen molar-refractivity contribution in [3.8, 4) is 0 Å². The lowest BCUT2D eigenvalue weighted by Gasteiger charge is -2.25. The lowest BCUT2D eigenvalue weighted by atomic mass is 10.0. The summed E-state index contributed by atoms with van der Waals surface area (Å²) in [6.45, 7) is 5.68. The van der Waals surface area contributed by atoms with Crippen molar-refractivity contribution in [1.82, 2.24) is 19.8 Å². The number of carbonyl (C=O) groups is 1. The van der Waals surface area contributed by atoms with Gasteiger partial charge < -0.3 is 9.64 Å². The Hall–Kier alpha value is -1.53. The number of aromatic nitrogens is 2. The highest BCUT2D eigenvalue weighted by Crippen LogP contribution is 2.33. The standard InChI is InChI=1S/C15H20N4O2/c20-15(14-5-16-2-3-17-14)19-8-11-6-18(7-12(11)9-19)13-1-4-21-10-13/h2-3,5,11-13H,1,4,6-10H2/t11-,12+,13?. The van der Waals surface area contributed by atoms with Crippen molar-refractivity contribution in [3.05, 3.63) is 24.3 Å². The number of hydrogen-bond acceptors (Lipinski definition) is 5. The summed E-state index contributed by atoms with van der Waals surface area (Å²) in [4.78, 5) is 25.0. The van der Waals surface area contributed by atoms with E-state index >= 15 is 0 Å².